The van der Waals surface area contributed by atoms with Crippen LogP contribution in [0.25, 0.3) is 0 Å². The van der Waals surface area contributed by atoms with E-state index in [0.29, 0.717) is 11.3 Å². The minimum absolute atomic E-state index is 0.347. The van der Waals surface area contributed by atoms with E-state index in [4.69, 9.17) is 11.6 Å². The molecule has 0 spiro atoms. The van der Waals surface area contributed by atoms with E-state index in [1.165, 1.54) is 31.2 Å². The summed E-state index contributed by atoms with van der Waals surface area (Å²) in [5, 5.41) is 4.48. The van der Waals surface area contributed by atoms with E-state index in [1.54, 1.807) is 0 Å². The van der Waals surface area contributed by atoms with E-state index >= 15 is 0 Å². The standard InChI is InChI=1S/C16H24ClN/c1-13(2)11-18-12-16(9-3-4-10-16)14-5-7-15(17)8-6-14/h5-8,13,18H,3-4,9-12H2,1-2H3. The molecule has 0 unspecified atom stereocenters. The van der Waals surface area contributed by atoms with Gasteiger partial charge >= 0.3 is 0 Å². The first-order valence-electron chi connectivity index (χ1n) is 7.09. The van der Waals surface area contributed by atoms with Gasteiger partial charge in [-0.15, -0.1) is 0 Å². The van der Waals surface area contributed by atoms with Crippen LogP contribution in [0, 0.1) is 5.92 Å². The third-order valence-corrected chi connectivity index (χ3v) is 4.29. The number of benzene rings is 1. The highest BCUT2D eigenvalue weighted by atomic mass is 35.5. The molecule has 1 fully saturated rings. The molecule has 1 nitrogen and oxygen atoms in total. The maximum atomic E-state index is 5.99. The van der Waals surface area contributed by atoms with Gasteiger partial charge in [0.2, 0.25) is 0 Å². The molecule has 0 aliphatic heterocycles. The zero-order chi connectivity index (χ0) is 13.0. The van der Waals surface area contributed by atoms with Crippen molar-refractivity contribution in [3.05, 3.63) is 34.9 Å². The van der Waals surface area contributed by atoms with Crippen molar-refractivity contribution in [1.82, 2.24) is 5.32 Å². The Morgan fingerprint density at radius 1 is 1.17 bits per heavy atom. The van der Waals surface area contributed by atoms with Gasteiger partial charge in [0.25, 0.3) is 0 Å². The lowest BCUT2D eigenvalue weighted by Gasteiger charge is -2.30. The summed E-state index contributed by atoms with van der Waals surface area (Å²) in [4.78, 5) is 0. The summed E-state index contributed by atoms with van der Waals surface area (Å²) in [5.41, 5.74) is 1.81. The predicted octanol–water partition coefficient (Wildman–Crippen LogP) is 4.40. The van der Waals surface area contributed by atoms with E-state index < -0.39 is 0 Å². The SMILES string of the molecule is CC(C)CNCC1(c2ccc(Cl)cc2)CCCC1. The van der Waals surface area contributed by atoms with Gasteiger partial charge in [-0.1, -0.05) is 50.4 Å². The lowest BCUT2D eigenvalue weighted by Crippen LogP contribution is -2.37. The minimum atomic E-state index is 0.347. The fourth-order valence-corrected chi connectivity index (χ4v) is 3.15. The fraction of sp³-hybridized carbons (Fsp3) is 0.625. The summed E-state index contributed by atoms with van der Waals surface area (Å²) >= 11 is 5.99. The van der Waals surface area contributed by atoms with Gasteiger partial charge in [-0.05, 0) is 43.0 Å². The topological polar surface area (TPSA) is 12.0 Å². The smallest absolute Gasteiger partial charge is 0.0406 e. The van der Waals surface area contributed by atoms with Gasteiger partial charge in [0, 0.05) is 17.0 Å². The Hall–Kier alpha value is -0.530. The second-order valence-corrected chi connectivity index (χ2v) is 6.46. The van der Waals surface area contributed by atoms with Crippen LogP contribution in [-0.4, -0.2) is 13.1 Å². The molecule has 1 N–H and O–H groups in total. The number of nitrogens with one attached hydrogen (secondary N) is 1. The van der Waals surface area contributed by atoms with Crippen LogP contribution in [0.3, 0.4) is 0 Å². The van der Waals surface area contributed by atoms with Crippen molar-refractivity contribution in [2.24, 2.45) is 5.92 Å². The molecule has 1 aromatic carbocycles. The molecule has 18 heavy (non-hydrogen) atoms. The highest BCUT2D eigenvalue weighted by Crippen LogP contribution is 2.40. The quantitative estimate of drug-likeness (QED) is 0.832. The molecule has 0 bridgehead atoms. The molecule has 1 aliphatic carbocycles. The summed E-state index contributed by atoms with van der Waals surface area (Å²) in [6.45, 7) is 6.73. The van der Waals surface area contributed by atoms with Gasteiger partial charge in [0.1, 0.15) is 0 Å². The molecule has 0 aromatic heterocycles. The Morgan fingerprint density at radius 3 is 2.33 bits per heavy atom. The highest BCUT2D eigenvalue weighted by Gasteiger charge is 2.35. The van der Waals surface area contributed by atoms with Gasteiger partial charge in [-0.2, -0.15) is 0 Å². The Morgan fingerprint density at radius 2 is 1.78 bits per heavy atom. The predicted molar refractivity (Wildman–Crippen MR) is 79.3 cm³/mol. The number of hydrogen-bond donors (Lipinski definition) is 1. The number of halogens is 1. The Labute approximate surface area is 116 Å². The molecular formula is C16H24ClN. The number of hydrogen-bond acceptors (Lipinski definition) is 1. The first-order valence-corrected chi connectivity index (χ1v) is 7.47. The average Bonchev–Trinajstić information content (AvgIpc) is 2.79. The summed E-state index contributed by atoms with van der Waals surface area (Å²) in [6.07, 6.45) is 5.32. The van der Waals surface area contributed by atoms with Gasteiger partial charge < -0.3 is 5.32 Å². The zero-order valence-corrected chi connectivity index (χ0v) is 12.3. The summed E-state index contributed by atoms with van der Waals surface area (Å²) < 4.78 is 0. The molecule has 0 heterocycles. The average molecular weight is 266 g/mol. The van der Waals surface area contributed by atoms with Crippen molar-refractivity contribution in [1.29, 1.82) is 0 Å². The van der Waals surface area contributed by atoms with E-state index in [2.05, 4.69) is 31.3 Å². The molecular weight excluding hydrogens is 242 g/mol. The van der Waals surface area contributed by atoms with Crippen molar-refractivity contribution in [2.45, 2.75) is 44.9 Å². The maximum Gasteiger partial charge on any atom is 0.0406 e. The monoisotopic (exact) mass is 265 g/mol. The Bertz CT molecular complexity index is 363. The van der Waals surface area contributed by atoms with Crippen molar-refractivity contribution in [2.75, 3.05) is 13.1 Å². The first-order chi connectivity index (χ1) is 8.62. The summed E-state index contributed by atoms with van der Waals surface area (Å²) in [7, 11) is 0. The molecule has 1 aliphatic rings. The van der Waals surface area contributed by atoms with Crippen molar-refractivity contribution in [3.63, 3.8) is 0 Å². The number of rotatable bonds is 5. The van der Waals surface area contributed by atoms with Crippen LogP contribution >= 0.6 is 11.6 Å². The van der Waals surface area contributed by atoms with Crippen LogP contribution in [0.4, 0.5) is 0 Å². The Balaban J connectivity index is 2.08. The molecule has 0 saturated heterocycles. The van der Waals surface area contributed by atoms with Crippen molar-refractivity contribution in [3.8, 4) is 0 Å². The molecule has 2 heteroatoms. The van der Waals surface area contributed by atoms with E-state index in [-0.39, 0.29) is 0 Å². The van der Waals surface area contributed by atoms with Crippen LogP contribution in [0.15, 0.2) is 24.3 Å². The molecule has 0 atom stereocenters. The second kappa shape index (κ2) is 6.08. The largest absolute Gasteiger partial charge is 0.316 e. The van der Waals surface area contributed by atoms with E-state index in [1.807, 2.05) is 12.1 Å². The molecule has 0 radical (unpaired) electrons. The minimum Gasteiger partial charge on any atom is -0.316 e. The third-order valence-electron chi connectivity index (χ3n) is 4.03. The molecule has 0 amide bonds. The van der Waals surface area contributed by atoms with Gasteiger partial charge in [0.15, 0.2) is 0 Å². The summed E-state index contributed by atoms with van der Waals surface area (Å²) in [6, 6.07) is 8.48. The first kappa shape index (κ1) is 13.9. The van der Waals surface area contributed by atoms with Crippen LogP contribution in [0.2, 0.25) is 5.02 Å². The van der Waals surface area contributed by atoms with E-state index in [0.717, 1.165) is 18.1 Å². The highest BCUT2D eigenvalue weighted by molar-refractivity contribution is 6.30. The van der Waals surface area contributed by atoms with Crippen molar-refractivity contribution >= 4 is 11.6 Å². The van der Waals surface area contributed by atoms with Crippen molar-refractivity contribution < 1.29 is 0 Å². The lowest BCUT2D eigenvalue weighted by atomic mass is 9.79. The van der Waals surface area contributed by atoms with Gasteiger partial charge in [0.05, 0.1) is 0 Å². The second-order valence-electron chi connectivity index (χ2n) is 6.02. The normalized spacial score (nSPS) is 18.4. The van der Waals surface area contributed by atoms with Crippen LogP contribution in [0.1, 0.15) is 45.1 Å². The zero-order valence-electron chi connectivity index (χ0n) is 11.5. The molecule has 1 saturated carbocycles. The van der Waals surface area contributed by atoms with Crippen LogP contribution in [-0.2, 0) is 5.41 Å². The fourth-order valence-electron chi connectivity index (χ4n) is 3.02. The Kier molecular flexibility index (Phi) is 4.69. The maximum absolute atomic E-state index is 5.99. The van der Waals surface area contributed by atoms with Crippen LogP contribution < -0.4 is 5.32 Å². The third kappa shape index (κ3) is 3.27. The van der Waals surface area contributed by atoms with E-state index in [9.17, 15) is 0 Å². The lowest BCUT2D eigenvalue weighted by molar-refractivity contribution is 0.391. The molecule has 2 rings (SSSR count). The van der Waals surface area contributed by atoms with Crippen LogP contribution in [0.5, 0.6) is 0 Å². The van der Waals surface area contributed by atoms with Gasteiger partial charge in [-0.25, -0.2) is 0 Å². The molecule has 100 valence electrons. The molecule has 1 aromatic rings. The van der Waals surface area contributed by atoms with Gasteiger partial charge in [-0.3, -0.25) is 0 Å². The summed E-state index contributed by atoms with van der Waals surface area (Å²) in [5.74, 6) is 0.716.